The van der Waals surface area contributed by atoms with Crippen LogP contribution in [-0.4, -0.2) is 37.8 Å². The van der Waals surface area contributed by atoms with E-state index in [1.807, 2.05) is 12.1 Å². The summed E-state index contributed by atoms with van der Waals surface area (Å²) in [6, 6.07) is 21.0. The van der Waals surface area contributed by atoms with Crippen molar-refractivity contribution in [1.29, 1.82) is 0 Å². The van der Waals surface area contributed by atoms with Crippen molar-refractivity contribution in [1.82, 2.24) is 0 Å². The largest absolute Gasteiger partial charge is 0 e. The van der Waals surface area contributed by atoms with Crippen molar-refractivity contribution in [2.24, 2.45) is 0 Å². The molecule has 1 atom stereocenters. The van der Waals surface area contributed by atoms with Crippen LogP contribution < -0.4 is 10.4 Å². The van der Waals surface area contributed by atoms with Gasteiger partial charge in [-0.05, 0) is 34.7 Å². The molecule has 43 heavy (non-hydrogen) atoms. The van der Waals surface area contributed by atoms with E-state index >= 15 is 0 Å². The molecule has 0 saturated heterocycles. The van der Waals surface area contributed by atoms with Crippen molar-refractivity contribution in [2.75, 3.05) is 13.2 Å². The number of aliphatic hydroxyl groups is 2. The van der Waals surface area contributed by atoms with Crippen LogP contribution in [0.15, 0.2) is 60.7 Å². The van der Waals surface area contributed by atoms with Gasteiger partial charge >= 0.3 is 67.8 Å². The van der Waals surface area contributed by atoms with Crippen molar-refractivity contribution < 1.29 is 76.1 Å². The summed E-state index contributed by atoms with van der Waals surface area (Å²) >= 11 is 0. The van der Waals surface area contributed by atoms with Crippen LogP contribution in [0.5, 0.6) is 0 Å². The van der Waals surface area contributed by atoms with Gasteiger partial charge in [-0.2, -0.15) is 0 Å². The minimum atomic E-state index is -2.57. The third-order valence-electron chi connectivity index (χ3n) is 5.18. The molecule has 0 amide bonds. The molecule has 0 aromatic heterocycles. The molecule has 2 rings (SSSR count). The molecule has 0 aliphatic rings. The SMILES string of the molecule is CC(C)(C)[Si](OCC#CC(O)CCCCCO)(c1ccccc1)c1ccccc1.[C-]#[O+].[C-]#[O+].[C-]#[O+].[C-]#[O+].[C-]#[O+].[C-]#[O+].[Co].[Co]. The number of hydrogen-bond acceptors (Lipinski definition) is 3. The summed E-state index contributed by atoms with van der Waals surface area (Å²) in [6.07, 6.45) is 2.54. The maximum absolute atomic E-state index is 10.1. The van der Waals surface area contributed by atoms with Crippen molar-refractivity contribution in [3.63, 3.8) is 0 Å². The molecule has 234 valence electrons. The van der Waals surface area contributed by atoms with E-state index in [-0.39, 0.29) is 45.2 Å². The van der Waals surface area contributed by atoms with Crippen LogP contribution in [0, 0.1) is 51.7 Å². The molecule has 2 aromatic carbocycles. The molecule has 2 N–H and O–H groups in total. The van der Waals surface area contributed by atoms with E-state index in [0.29, 0.717) is 13.0 Å². The topological polar surface area (TPSA) is 169 Å². The fourth-order valence-corrected chi connectivity index (χ4v) is 8.21. The molecule has 12 heteroatoms. The molecule has 0 aliphatic heterocycles. The predicted octanol–water partition coefficient (Wildman–Crippen LogP) is 3.25. The number of benzene rings is 2. The van der Waals surface area contributed by atoms with Gasteiger partial charge in [0.05, 0.1) is 6.61 Å². The summed E-state index contributed by atoms with van der Waals surface area (Å²) < 4.78 is 51.7. The number of hydrogen-bond donors (Lipinski definition) is 2. The molecular weight excluding hydrogens is 662 g/mol. The second-order valence-electron chi connectivity index (χ2n) is 8.36. The van der Waals surface area contributed by atoms with Crippen LogP contribution in [0.25, 0.3) is 0 Å². The van der Waals surface area contributed by atoms with Crippen LogP contribution in [0.4, 0.5) is 0 Å². The summed E-state index contributed by atoms with van der Waals surface area (Å²) in [4.78, 5) is 0. The monoisotopic (exact) mass is 696 g/mol. The van der Waals surface area contributed by atoms with Crippen LogP contribution >= 0.6 is 0 Å². The van der Waals surface area contributed by atoms with Gasteiger partial charge in [-0.25, -0.2) is 0 Å². The van der Waals surface area contributed by atoms with E-state index < -0.39 is 14.4 Å². The minimum absolute atomic E-state index is 0. The third kappa shape index (κ3) is 23.7. The van der Waals surface area contributed by atoms with Gasteiger partial charge in [0.1, 0.15) is 6.10 Å². The molecule has 0 spiro atoms. The summed E-state index contributed by atoms with van der Waals surface area (Å²) in [6.45, 7) is 34.2. The van der Waals surface area contributed by atoms with Crippen LogP contribution in [-0.2, 0) is 65.9 Å². The average Bonchev–Trinajstić information content (AvgIpc) is 3.05. The van der Waals surface area contributed by atoms with Gasteiger partial charge in [-0.3, -0.25) is 0 Å². The Balaban J connectivity index is -0.000000165. The van der Waals surface area contributed by atoms with Crippen molar-refractivity contribution in [2.45, 2.75) is 57.6 Å². The zero-order chi connectivity index (χ0) is 33.2. The van der Waals surface area contributed by atoms with Crippen LogP contribution in [0.3, 0.4) is 0 Å². The number of rotatable bonds is 9. The average molecular weight is 697 g/mol. The predicted molar refractivity (Wildman–Crippen MR) is 146 cm³/mol. The molecule has 0 fully saturated rings. The molecule has 9 nitrogen and oxygen atoms in total. The van der Waals surface area contributed by atoms with Crippen molar-refractivity contribution >= 4 is 18.7 Å². The van der Waals surface area contributed by atoms with Gasteiger partial charge in [0.25, 0.3) is 8.32 Å². The fraction of sp³-hybridized carbons (Fsp3) is 0.355. The molecule has 0 saturated carbocycles. The van der Waals surface area contributed by atoms with E-state index in [9.17, 15) is 5.11 Å². The quantitative estimate of drug-likeness (QED) is 0.135. The van der Waals surface area contributed by atoms with Crippen molar-refractivity contribution in [3.8, 4) is 11.8 Å². The zero-order valence-corrected chi connectivity index (χ0v) is 27.1. The second kappa shape index (κ2) is 41.7. The second-order valence-corrected chi connectivity index (χ2v) is 12.7. The standard InChI is InChI=1S/C25H34O3Si.6CO.2Co/c1-25(2,3)29(23-16-8-4-9-17-23,24-18-10-5-11-19-24)28-21-13-15-22(27)14-7-6-12-20-26;6*1-2;;/h4-5,8-11,16-19,22,26-27H,6-7,12,14,20-21H2,1-3H3;;;;;;;;. The van der Waals surface area contributed by atoms with Crippen LogP contribution in [0.2, 0.25) is 5.04 Å². The first-order valence-electron chi connectivity index (χ1n) is 11.7. The van der Waals surface area contributed by atoms with E-state index in [1.54, 1.807) is 0 Å². The molecule has 0 aliphatic carbocycles. The van der Waals surface area contributed by atoms with Gasteiger partial charge in [-0.1, -0.05) is 99.7 Å². The summed E-state index contributed by atoms with van der Waals surface area (Å²) in [5.74, 6) is 5.98. The molecule has 1 unspecified atom stereocenters. The summed E-state index contributed by atoms with van der Waals surface area (Å²) in [7, 11) is -2.57. The Morgan fingerprint density at radius 2 is 1.07 bits per heavy atom. The van der Waals surface area contributed by atoms with E-state index in [1.165, 1.54) is 10.4 Å². The minimum Gasteiger partial charge on any atom is 0 e. The maximum Gasteiger partial charge on any atom is 0 e. The zero-order valence-electron chi connectivity index (χ0n) is 24.0. The van der Waals surface area contributed by atoms with Crippen molar-refractivity contribution in [3.05, 3.63) is 101 Å². The molecule has 0 bridgehead atoms. The van der Waals surface area contributed by atoms with Gasteiger partial charge in [0.2, 0.25) is 0 Å². The summed E-state index contributed by atoms with van der Waals surface area (Å²) in [5.41, 5.74) is 0. The molecule has 2 aromatic rings. The molecule has 2 radical (unpaired) electrons. The third-order valence-corrected chi connectivity index (χ3v) is 10.2. The van der Waals surface area contributed by atoms with Crippen LogP contribution in [0.1, 0.15) is 46.5 Å². The Morgan fingerprint density at radius 3 is 1.40 bits per heavy atom. The summed E-state index contributed by atoms with van der Waals surface area (Å²) in [5, 5.41) is 21.3. The number of aliphatic hydroxyl groups excluding tert-OH is 2. The molecular formula is C31H34Co2O9Si. The first-order chi connectivity index (χ1) is 19.9. The smallest absolute Gasteiger partial charge is 0 e. The Kier molecular flexibility index (Phi) is 54.6. The Hall–Kier alpha value is -2.45. The van der Waals surface area contributed by atoms with E-state index in [4.69, 9.17) is 37.4 Å². The Bertz CT molecular complexity index is 965. The van der Waals surface area contributed by atoms with E-state index in [2.05, 4.69) is 121 Å². The first-order valence-corrected chi connectivity index (χ1v) is 13.6. The number of unbranched alkanes of at least 4 members (excludes halogenated alkanes) is 2. The van der Waals surface area contributed by atoms with Gasteiger partial charge in [0, 0.05) is 40.2 Å². The fourth-order valence-electron chi connectivity index (χ4n) is 3.76. The maximum atomic E-state index is 10.1. The van der Waals surface area contributed by atoms with Gasteiger partial charge in [-0.15, -0.1) is 0 Å². The Labute approximate surface area is 277 Å². The first kappa shape index (κ1) is 56.4. The Morgan fingerprint density at radius 1 is 0.698 bits per heavy atom. The van der Waals surface area contributed by atoms with Gasteiger partial charge < -0.3 is 14.6 Å². The van der Waals surface area contributed by atoms with E-state index in [0.717, 1.165) is 19.3 Å². The normalized spacial score (nSPS) is 8.95. The van der Waals surface area contributed by atoms with Gasteiger partial charge in [0.15, 0.2) is 0 Å². The molecule has 0 heterocycles.